The molecule has 0 saturated heterocycles. The van der Waals surface area contributed by atoms with Crippen molar-refractivity contribution in [1.82, 2.24) is 0 Å². The van der Waals surface area contributed by atoms with Gasteiger partial charge in [-0.1, -0.05) is 42.6 Å². The summed E-state index contributed by atoms with van der Waals surface area (Å²) in [6.07, 6.45) is 9.66. The van der Waals surface area contributed by atoms with Gasteiger partial charge in [0.2, 0.25) is 0 Å². The van der Waals surface area contributed by atoms with Crippen LogP contribution in [0, 0.1) is 11.8 Å². The van der Waals surface area contributed by atoms with E-state index in [4.69, 9.17) is 4.74 Å². The van der Waals surface area contributed by atoms with E-state index >= 15 is 0 Å². The van der Waals surface area contributed by atoms with E-state index in [1.807, 2.05) is 0 Å². The van der Waals surface area contributed by atoms with Gasteiger partial charge in [-0.2, -0.15) is 0 Å². The van der Waals surface area contributed by atoms with Crippen molar-refractivity contribution in [3.63, 3.8) is 0 Å². The molecule has 0 aromatic carbocycles. The molecule has 0 spiro atoms. The summed E-state index contributed by atoms with van der Waals surface area (Å²) in [5, 5.41) is 1.03. The smallest absolute Gasteiger partial charge is 0.0782 e. The average molecular weight is 289 g/mol. The highest BCUT2D eigenvalue weighted by molar-refractivity contribution is 9.09. The van der Waals surface area contributed by atoms with Crippen molar-refractivity contribution in [3.05, 3.63) is 0 Å². The van der Waals surface area contributed by atoms with Crippen LogP contribution in [-0.4, -0.2) is 17.0 Å². The molecule has 3 unspecified atom stereocenters. The Labute approximate surface area is 108 Å². The molecule has 2 saturated carbocycles. The fourth-order valence-electron chi connectivity index (χ4n) is 3.26. The van der Waals surface area contributed by atoms with E-state index in [1.165, 1.54) is 44.9 Å². The SMILES string of the molecule is CC1CCC(OC2(CBr)CCCC2)CC1C. The van der Waals surface area contributed by atoms with Crippen molar-refractivity contribution in [2.75, 3.05) is 5.33 Å². The summed E-state index contributed by atoms with van der Waals surface area (Å²) in [5.74, 6) is 1.73. The lowest BCUT2D eigenvalue weighted by Crippen LogP contribution is -2.38. The van der Waals surface area contributed by atoms with Gasteiger partial charge in [-0.25, -0.2) is 0 Å². The lowest BCUT2D eigenvalue weighted by molar-refractivity contribution is -0.0987. The maximum Gasteiger partial charge on any atom is 0.0782 e. The highest BCUT2D eigenvalue weighted by atomic mass is 79.9. The van der Waals surface area contributed by atoms with Gasteiger partial charge >= 0.3 is 0 Å². The summed E-state index contributed by atoms with van der Waals surface area (Å²) in [6, 6.07) is 0. The average Bonchev–Trinajstić information content (AvgIpc) is 2.73. The number of alkyl halides is 1. The van der Waals surface area contributed by atoms with Gasteiger partial charge in [-0.3, -0.25) is 0 Å². The maximum atomic E-state index is 6.46. The molecule has 0 N–H and O–H groups in total. The molecule has 3 atom stereocenters. The van der Waals surface area contributed by atoms with Crippen molar-refractivity contribution in [3.8, 4) is 0 Å². The number of hydrogen-bond donors (Lipinski definition) is 0. The van der Waals surface area contributed by atoms with Crippen LogP contribution in [0.3, 0.4) is 0 Å². The normalized spacial score (nSPS) is 38.8. The second-order valence-electron chi connectivity index (χ2n) is 6.03. The van der Waals surface area contributed by atoms with Crippen LogP contribution in [0.25, 0.3) is 0 Å². The van der Waals surface area contributed by atoms with Gasteiger partial charge in [-0.15, -0.1) is 0 Å². The van der Waals surface area contributed by atoms with Crippen LogP contribution in [0.15, 0.2) is 0 Å². The third-order valence-electron chi connectivity index (χ3n) is 4.73. The van der Waals surface area contributed by atoms with Crippen LogP contribution in [0.1, 0.15) is 58.8 Å². The Hall–Kier alpha value is 0.440. The van der Waals surface area contributed by atoms with E-state index < -0.39 is 0 Å². The number of hydrogen-bond acceptors (Lipinski definition) is 1. The Kier molecular flexibility index (Phi) is 4.34. The molecule has 1 nitrogen and oxygen atoms in total. The summed E-state index contributed by atoms with van der Waals surface area (Å²) in [5.41, 5.74) is 0.185. The maximum absolute atomic E-state index is 6.46. The Bertz CT molecular complexity index is 223. The third-order valence-corrected chi connectivity index (χ3v) is 5.75. The topological polar surface area (TPSA) is 9.23 Å². The first kappa shape index (κ1) is 12.9. The van der Waals surface area contributed by atoms with E-state index in [9.17, 15) is 0 Å². The van der Waals surface area contributed by atoms with Crippen molar-refractivity contribution in [2.24, 2.45) is 11.8 Å². The predicted octanol–water partition coefficient (Wildman–Crippen LogP) is 4.54. The van der Waals surface area contributed by atoms with E-state index in [2.05, 4.69) is 29.8 Å². The Morgan fingerprint density at radius 3 is 2.38 bits per heavy atom. The van der Waals surface area contributed by atoms with Crippen LogP contribution in [0.5, 0.6) is 0 Å². The molecule has 16 heavy (non-hydrogen) atoms. The minimum absolute atomic E-state index is 0.185. The fraction of sp³-hybridized carbons (Fsp3) is 1.00. The van der Waals surface area contributed by atoms with Crippen LogP contribution < -0.4 is 0 Å². The van der Waals surface area contributed by atoms with E-state index in [0.29, 0.717) is 6.10 Å². The van der Waals surface area contributed by atoms with Crippen LogP contribution in [-0.2, 0) is 4.74 Å². The van der Waals surface area contributed by atoms with Gasteiger partial charge in [-0.05, 0) is 43.9 Å². The Balaban J connectivity index is 1.89. The molecule has 0 aliphatic heterocycles. The van der Waals surface area contributed by atoms with E-state index in [1.54, 1.807) is 0 Å². The Morgan fingerprint density at radius 1 is 1.12 bits per heavy atom. The van der Waals surface area contributed by atoms with Gasteiger partial charge in [0.25, 0.3) is 0 Å². The highest BCUT2D eigenvalue weighted by Crippen LogP contribution is 2.39. The molecule has 0 aromatic rings. The molecule has 0 aromatic heterocycles. The van der Waals surface area contributed by atoms with Crippen molar-refractivity contribution in [1.29, 1.82) is 0 Å². The minimum Gasteiger partial charge on any atom is -0.371 e. The van der Waals surface area contributed by atoms with Gasteiger partial charge in [0.15, 0.2) is 0 Å². The number of ether oxygens (including phenoxy) is 1. The highest BCUT2D eigenvalue weighted by Gasteiger charge is 2.37. The summed E-state index contributed by atoms with van der Waals surface area (Å²) in [4.78, 5) is 0. The fourth-order valence-corrected chi connectivity index (χ4v) is 3.95. The first-order valence-corrected chi connectivity index (χ1v) is 8.01. The predicted molar refractivity (Wildman–Crippen MR) is 72.0 cm³/mol. The first-order valence-electron chi connectivity index (χ1n) is 6.89. The molecule has 2 fully saturated rings. The minimum atomic E-state index is 0.185. The summed E-state index contributed by atoms with van der Waals surface area (Å²) < 4.78 is 6.46. The lowest BCUT2D eigenvalue weighted by Gasteiger charge is -2.38. The van der Waals surface area contributed by atoms with Gasteiger partial charge in [0.05, 0.1) is 11.7 Å². The zero-order chi connectivity index (χ0) is 11.6. The molecular weight excluding hydrogens is 264 g/mol. The standard InChI is InChI=1S/C14H25BrO/c1-11-5-6-13(9-12(11)2)16-14(10-15)7-3-4-8-14/h11-13H,3-10H2,1-2H3. The second kappa shape index (κ2) is 5.39. The zero-order valence-corrected chi connectivity index (χ0v) is 12.3. The molecule has 0 heterocycles. The first-order chi connectivity index (χ1) is 7.65. The molecule has 0 radical (unpaired) electrons. The molecule has 2 heteroatoms. The van der Waals surface area contributed by atoms with Crippen molar-refractivity contribution in [2.45, 2.75) is 70.5 Å². The molecular formula is C14H25BrO. The molecule has 2 aliphatic rings. The van der Waals surface area contributed by atoms with E-state index in [-0.39, 0.29) is 5.60 Å². The summed E-state index contributed by atoms with van der Waals surface area (Å²) >= 11 is 3.66. The largest absolute Gasteiger partial charge is 0.371 e. The number of rotatable bonds is 3. The van der Waals surface area contributed by atoms with Crippen molar-refractivity contribution < 1.29 is 4.74 Å². The summed E-state index contributed by atoms with van der Waals surface area (Å²) in [6.45, 7) is 4.77. The lowest BCUT2D eigenvalue weighted by atomic mass is 9.80. The van der Waals surface area contributed by atoms with Crippen molar-refractivity contribution >= 4 is 15.9 Å². The summed E-state index contributed by atoms with van der Waals surface area (Å²) in [7, 11) is 0. The monoisotopic (exact) mass is 288 g/mol. The zero-order valence-electron chi connectivity index (χ0n) is 10.7. The van der Waals surface area contributed by atoms with Crippen LogP contribution in [0.4, 0.5) is 0 Å². The number of halogens is 1. The quantitative estimate of drug-likeness (QED) is 0.693. The van der Waals surface area contributed by atoms with Crippen LogP contribution >= 0.6 is 15.9 Å². The molecule has 0 amide bonds. The van der Waals surface area contributed by atoms with Gasteiger partial charge in [0.1, 0.15) is 0 Å². The van der Waals surface area contributed by atoms with Crippen LogP contribution in [0.2, 0.25) is 0 Å². The van der Waals surface area contributed by atoms with Gasteiger partial charge in [0, 0.05) is 5.33 Å². The molecule has 94 valence electrons. The second-order valence-corrected chi connectivity index (χ2v) is 6.59. The third kappa shape index (κ3) is 2.81. The van der Waals surface area contributed by atoms with E-state index in [0.717, 1.165) is 17.2 Å². The Morgan fingerprint density at radius 2 is 1.81 bits per heavy atom. The molecule has 2 rings (SSSR count). The molecule has 0 bridgehead atoms. The molecule has 2 aliphatic carbocycles. The van der Waals surface area contributed by atoms with Gasteiger partial charge < -0.3 is 4.74 Å².